The van der Waals surface area contributed by atoms with Gasteiger partial charge in [0, 0.05) is 11.1 Å². The maximum Gasteiger partial charge on any atom is 0.339 e. The van der Waals surface area contributed by atoms with E-state index in [1.54, 1.807) is 12.1 Å². The van der Waals surface area contributed by atoms with Crippen molar-refractivity contribution in [3.8, 4) is 5.75 Å². The minimum Gasteiger partial charge on any atom is -0.507 e. The first-order chi connectivity index (χ1) is 6.16. The summed E-state index contributed by atoms with van der Waals surface area (Å²) in [5, 5.41) is 10.3. The van der Waals surface area contributed by atoms with Crippen molar-refractivity contribution >= 4 is 22.6 Å². The SMILES string of the molecule is O=c1cc(O)c2ccc(Cl)cc2o1. The average molecular weight is 197 g/mol. The highest BCUT2D eigenvalue weighted by atomic mass is 35.5. The summed E-state index contributed by atoms with van der Waals surface area (Å²) in [5.41, 5.74) is -0.301. The Kier molecular flexibility index (Phi) is 1.74. The van der Waals surface area contributed by atoms with Gasteiger partial charge in [-0.2, -0.15) is 0 Å². The van der Waals surface area contributed by atoms with Crippen LogP contribution in [0, 0.1) is 0 Å². The van der Waals surface area contributed by atoms with Crippen molar-refractivity contribution in [2.24, 2.45) is 0 Å². The third-order valence-corrected chi connectivity index (χ3v) is 1.92. The van der Waals surface area contributed by atoms with Crippen LogP contribution in [0.3, 0.4) is 0 Å². The minimum absolute atomic E-state index is 0.0945. The third kappa shape index (κ3) is 1.38. The van der Waals surface area contributed by atoms with Crippen molar-refractivity contribution in [2.75, 3.05) is 0 Å². The average Bonchev–Trinajstić information content (AvgIpc) is 2.02. The number of rotatable bonds is 0. The van der Waals surface area contributed by atoms with Crippen molar-refractivity contribution in [1.82, 2.24) is 0 Å². The van der Waals surface area contributed by atoms with Crippen LogP contribution < -0.4 is 5.63 Å². The second-order valence-corrected chi connectivity index (χ2v) is 3.03. The summed E-state index contributed by atoms with van der Waals surface area (Å²) in [6.07, 6.45) is 0. The molecule has 0 bridgehead atoms. The molecule has 0 saturated carbocycles. The zero-order valence-corrected chi connectivity index (χ0v) is 7.21. The first-order valence-corrected chi connectivity index (χ1v) is 3.97. The van der Waals surface area contributed by atoms with Gasteiger partial charge in [-0.1, -0.05) is 11.6 Å². The van der Waals surface area contributed by atoms with Crippen LogP contribution in [0.5, 0.6) is 5.75 Å². The van der Waals surface area contributed by atoms with E-state index in [0.29, 0.717) is 10.4 Å². The second-order valence-electron chi connectivity index (χ2n) is 2.59. The highest BCUT2D eigenvalue weighted by Crippen LogP contribution is 2.24. The molecule has 1 heterocycles. The monoisotopic (exact) mass is 196 g/mol. The smallest absolute Gasteiger partial charge is 0.339 e. The van der Waals surface area contributed by atoms with Gasteiger partial charge in [-0.05, 0) is 12.1 Å². The molecule has 4 heteroatoms. The Hall–Kier alpha value is -1.48. The van der Waals surface area contributed by atoms with Gasteiger partial charge in [0.25, 0.3) is 0 Å². The molecule has 0 spiro atoms. The summed E-state index contributed by atoms with van der Waals surface area (Å²) in [6.45, 7) is 0. The normalized spacial score (nSPS) is 10.5. The van der Waals surface area contributed by atoms with Crippen LogP contribution in [0.25, 0.3) is 11.0 Å². The molecule has 0 atom stereocenters. The maximum atomic E-state index is 10.8. The standard InChI is InChI=1S/C9H5ClO3/c10-5-1-2-6-7(11)4-9(12)13-8(6)3-5/h1-4,11H. The Morgan fingerprint density at radius 1 is 1.31 bits per heavy atom. The molecule has 0 aliphatic rings. The Balaban J connectivity index is 2.94. The number of hydrogen-bond acceptors (Lipinski definition) is 3. The van der Waals surface area contributed by atoms with E-state index in [2.05, 4.69) is 0 Å². The molecule has 0 amide bonds. The summed E-state index contributed by atoms with van der Waals surface area (Å²) in [6, 6.07) is 5.72. The first kappa shape index (κ1) is 8.13. The van der Waals surface area contributed by atoms with E-state index in [0.717, 1.165) is 6.07 Å². The molecule has 1 N–H and O–H groups in total. The van der Waals surface area contributed by atoms with Crippen LogP contribution in [-0.4, -0.2) is 5.11 Å². The van der Waals surface area contributed by atoms with E-state index >= 15 is 0 Å². The van der Waals surface area contributed by atoms with Gasteiger partial charge in [0.05, 0.1) is 11.5 Å². The predicted octanol–water partition coefficient (Wildman–Crippen LogP) is 2.15. The zero-order valence-electron chi connectivity index (χ0n) is 6.45. The van der Waals surface area contributed by atoms with Crippen molar-refractivity contribution in [1.29, 1.82) is 0 Å². The van der Waals surface area contributed by atoms with Crippen molar-refractivity contribution < 1.29 is 9.52 Å². The van der Waals surface area contributed by atoms with Crippen molar-refractivity contribution in [2.45, 2.75) is 0 Å². The zero-order chi connectivity index (χ0) is 9.42. The number of benzene rings is 1. The van der Waals surface area contributed by atoms with Gasteiger partial charge in [-0.3, -0.25) is 0 Å². The lowest BCUT2D eigenvalue weighted by molar-refractivity contribution is 0.468. The van der Waals surface area contributed by atoms with Crippen LogP contribution in [0.4, 0.5) is 0 Å². The van der Waals surface area contributed by atoms with Gasteiger partial charge in [-0.25, -0.2) is 4.79 Å². The van der Waals surface area contributed by atoms with Gasteiger partial charge < -0.3 is 9.52 Å². The molecule has 0 radical (unpaired) electrons. The van der Waals surface area contributed by atoms with Crippen LogP contribution in [0.15, 0.2) is 33.5 Å². The van der Waals surface area contributed by atoms with E-state index in [1.165, 1.54) is 6.07 Å². The molecule has 0 aliphatic carbocycles. The molecule has 0 aliphatic heterocycles. The fourth-order valence-corrected chi connectivity index (χ4v) is 1.28. The number of fused-ring (bicyclic) bond motifs is 1. The van der Waals surface area contributed by atoms with Crippen molar-refractivity contribution in [3.63, 3.8) is 0 Å². The lowest BCUT2D eigenvalue weighted by Gasteiger charge is -1.98. The summed E-state index contributed by atoms with van der Waals surface area (Å²) >= 11 is 5.68. The lowest BCUT2D eigenvalue weighted by atomic mass is 10.2. The molecule has 0 fully saturated rings. The van der Waals surface area contributed by atoms with Gasteiger partial charge in [0.15, 0.2) is 0 Å². The topological polar surface area (TPSA) is 50.4 Å². The second kappa shape index (κ2) is 2.78. The van der Waals surface area contributed by atoms with E-state index in [9.17, 15) is 9.90 Å². The summed E-state index contributed by atoms with van der Waals surface area (Å²) in [4.78, 5) is 10.8. The van der Waals surface area contributed by atoms with Gasteiger partial charge >= 0.3 is 5.63 Å². The van der Waals surface area contributed by atoms with E-state index < -0.39 is 5.63 Å². The Morgan fingerprint density at radius 3 is 2.85 bits per heavy atom. The fourth-order valence-electron chi connectivity index (χ4n) is 1.12. The Morgan fingerprint density at radius 2 is 2.08 bits per heavy atom. The highest BCUT2D eigenvalue weighted by molar-refractivity contribution is 6.31. The summed E-state index contributed by atoms with van der Waals surface area (Å²) in [7, 11) is 0. The molecule has 2 rings (SSSR count). The Bertz CT molecular complexity index is 516. The molecule has 0 unspecified atom stereocenters. The van der Waals surface area contributed by atoms with Crippen LogP contribution in [-0.2, 0) is 0 Å². The highest BCUT2D eigenvalue weighted by Gasteiger charge is 2.03. The molecule has 66 valence electrons. The van der Waals surface area contributed by atoms with Crippen LogP contribution in [0.2, 0.25) is 5.02 Å². The molecule has 1 aromatic carbocycles. The fraction of sp³-hybridized carbons (Fsp3) is 0. The number of aromatic hydroxyl groups is 1. The van der Waals surface area contributed by atoms with Crippen molar-refractivity contribution in [3.05, 3.63) is 39.7 Å². The lowest BCUT2D eigenvalue weighted by Crippen LogP contribution is -1.94. The van der Waals surface area contributed by atoms with Crippen LogP contribution in [0.1, 0.15) is 0 Å². The number of hydrogen-bond donors (Lipinski definition) is 1. The van der Waals surface area contributed by atoms with E-state index in [4.69, 9.17) is 16.0 Å². The third-order valence-electron chi connectivity index (χ3n) is 1.68. The molecular weight excluding hydrogens is 192 g/mol. The summed E-state index contributed by atoms with van der Waals surface area (Å²) in [5.74, 6) is -0.0945. The molecule has 2 aromatic rings. The molecular formula is C9H5ClO3. The quantitative estimate of drug-likeness (QED) is 0.657. The van der Waals surface area contributed by atoms with E-state index in [1.807, 2.05) is 0 Å². The molecule has 0 saturated heterocycles. The van der Waals surface area contributed by atoms with E-state index in [-0.39, 0.29) is 11.3 Å². The predicted molar refractivity (Wildman–Crippen MR) is 49.2 cm³/mol. The molecule has 13 heavy (non-hydrogen) atoms. The Labute approximate surface area is 78.2 Å². The maximum absolute atomic E-state index is 10.8. The molecule has 1 aromatic heterocycles. The van der Waals surface area contributed by atoms with Crippen LogP contribution >= 0.6 is 11.6 Å². The number of halogens is 1. The first-order valence-electron chi connectivity index (χ1n) is 3.59. The van der Waals surface area contributed by atoms with Gasteiger partial charge in [-0.15, -0.1) is 0 Å². The van der Waals surface area contributed by atoms with Gasteiger partial charge in [0.1, 0.15) is 11.3 Å². The van der Waals surface area contributed by atoms with Gasteiger partial charge in [0.2, 0.25) is 0 Å². The summed E-state index contributed by atoms with van der Waals surface area (Å²) < 4.78 is 4.82. The minimum atomic E-state index is -0.590. The molecule has 3 nitrogen and oxygen atoms in total. The largest absolute Gasteiger partial charge is 0.507 e.